The number of carbonyl (C=O) groups is 1. The van der Waals surface area contributed by atoms with Crippen LogP contribution in [-0.2, 0) is 6.42 Å². The molecule has 0 bridgehead atoms. The van der Waals surface area contributed by atoms with E-state index < -0.39 is 0 Å². The summed E-state index contributed by atoms with van der Waals surface area (Å²) in [6.07, 6.45) is 3.81. The van der Waals surface area contributed by atoms with Crippen LogP contribution in [0.4, 0.5) is 4.39 Å². The maximum absolute atomic E-state index is 14.2. The van der Waals surface area contributed by atoms with Gasteiger partial charge in [-0.1, -0.05) is 0 Å². The van der Waals surface area contributed by atoms with Crippen LogP contribution in [0, 0.1) is 18.7 Å². The molecular weight excluding hydrogens is 325 g/mol. The third-order valence-electron chi connectivity index (χ3n) is 4.75. The van der Waals surface area contributed by atoms with Crippen molar-refractivity contribution in [3.8, 4) is 0 Å². The Kier molecular flexibility index (Phi) is 4.18. The van der Waals surface area contributed by atoms with Crippen LogP contribution >= 0.6 is 11.3 Å². The first-order valence-corrected chi connectivity index (χ1v) is 9.27. The summed E-state index contributed by atoms with van der Waals surface area (Å²) in [5.41, 5.74) is 1.23. The second-order valence-electron chi connectivity index (χ2n) is 6.85. The molecule has 2 fully saturated rings. The maximum Gasteiger partial charge on any atom is 0.169 e. The number of hydrogen-bond acceptors (Lipinski definition) is 5. The fourth-order valence-corrected chi connectivity index (χ4v) is 3.76. The number of hydrogen-bond donors (Lipinski definition) is 1. The van der Waals surface area contributed by atoms with Crippen molar-refractivity contribution in [2.24, 2.45) is 5.92 Å². The standard InChI is InChI=1S/C18H20FN3OS/c1-10-21-22-18(24-10)8-17(23)12-4-5-15(19)13(6-12)14-7-16(14)20-9-11-2-3-11/h4-6,11,14,16,20H,2-3,7-9H2,1H3. The predicted octanol–water partition coefficient (Wildman–Crippen LogP) is 3.27. The zero-order valence-electron chi connectivity index (χ0n) is 13.6. The summed E-state index contributed by atoms with van der Waals surface area (Å²) in [6, 6.07) is 5.08. The van der Waals surface area contributed by atoms with E-state index in [1.807, 2.05) is 6.92 Å². The minimum Gasteiger partial charge on any atom is -0.313 e. The number of Topliss-reactive ketones (excluding diaryl/α,β-unsaturated/α-hetero) is 1. The minimum atomic E-state index is -0.209. The van der Waals surface area contributed by atoms with Crippen LogP contribution in [0.15, 0.2) is 18.2 Å². The Morgan fingerprint density at radius 3 is 2.92 bits per heavy atom. The Balaban J connectivity index is 1.44. The van der Waals surface area contributed by atoms with E-state index in [-0.39, 0.29) is 23.9 Å². The van der Waals surface area contributed by atoms with Gasteiger partial charge in [0, 0.05) is 17.5 Å². The minimum absolute atomic E-state index is 0.0319. The van der Waals surface area contributed by atoms with Gasteiger partial charge in [-0.15, -0.1) is 21.5 Å². The molecule has 0 saturated heterocycles. The second-order valence-corrected chi connectivity index (χ2v) is 8.12. The van der Waals surface area contributed by atoms with Crippen molar-refractivity contribution in [3.63, 3.8) is 0 Å². The van der Waals surface area contributed by atoms with E-state index in [0.717, 1.165) is 23.9 Å². The molecule has 126 valence electrons. The van der Waals surface area contributed by atoms with E-state index in [1.54, 1.807) is 12.1 Å². The number of benzene rings is 1. The highest BCUT2D eigenvalue weighted by molar-refractivity contribution is 7.11. The van der Waals surface area contributed by atoms with Crippen LogP contribution in [0.25, 0.3) is 0 Å². The number of aryl methyl sites for hydroxylation is 1. The highest BCUT2D eigenvalue weighted by atomic mass is 32.1. The molecule has 0 radical (unpaired) electrons. The van der Waals surface area contributed by atoms with E-state index >= 15 is 0 Å². The molecule has 2 aliphatic rings. The van der Waals surface area contributed by atoms with Crippen molar-refractivity contribution in [3.05, 3.63) is 45.2 Å². The van der Waals surface area contributed by atoms with E-state index in [0.29, 0.717) is 22.2 Å². The van der Waals surface area contributed by atoms with Gasteiger partial charge in [0.1, 0.15) is 15.8 Å². The van der Waals surface area contributed by atoms with Gasteiger partial charge >= 0.3 is 0 Å². The molecule has 24 heavy (non-hydrogen) atoms. The van der Waals surface area contributed by atoms with Crippen LogP contribution in [0.5, 0.6) is 0 Å². The highest BCUT2D eigenvalue weighted by Gasteiger charge is 2.40. The SMILES string of the molecule is Cc1nnc(CC(=O)c2ccc(F)c(C3CC3NCC3CC3)c2)s1. The number of halogens is 1. The van der Waals surface area contributed by atoms with Gasteiger partial charge in [0.2, 0.25) is 0 Å². The number of nitrogens with one attached hydrogen (secondary N) is 1. The van der Waals surface area contributed by atoms with Crippen LogP contribution in [0.3, 0.4) is 0 Å². The molecule has 1 heterocycles. The third-order valence-corrected chi connectivity index (χ3v) is 5.59. The molecule has 1 aromatic heterocycles. The van der Waals surface area contributed by atoms with Crippen molar-refractivity contribution in [2.45, 2.75) is 44.6 Å². The second kappa shape index (κ2) is 6.33. The van der Waals surface area contributed by atoms with Gasteiger partial charge < -0.3 is 5.32 Å². The first-order valence-electron chi connectivity index (χ1n) is 8.45. The van der Waals surface area contributed by atoms with Crippen LogP contribution in [-0.4, -0.2) is 28.6 Å². The summed E-state index contributed by atoms with van der Waals surface area (Å²) < 4.78 is 14.2. The number of carbonyl (C=O) groups excluding carboxylic acids is 1. The Morgan fingerprint density at radius 2 is 2.21 bits per heavy atom. The summed E-state index contributed by atoms with van der Waals surface area (Å²) in [5.74, 6) is 0.772. The lowest BCUT2D eigenvalue weighted by molar-refractivity contribution is 0.0992. The zero-order valence-corrected chi connectivity index (χ0v) is 14.4. The average molecular weight is 345 g/mol. The Hall–Kier alpha value is -1.66. The Morgan fingerprint density at radius 1 is 1.38 bits per heavy atom. The molecule has 2 aromatic rings. The number of ketones is 1. The van der Waals surface area contributed by atoms with Gasteiger partial charge in [-0.25, -0.2) is 4.39 Å². The molecule has 2 atom stereocenters. The third kappa shape index (κ3) is 3.54. The summed E-state index contributed by atoms with van der Waals surface area (Å²) in [6.45, 7) is 2.90. The van der Waals surface area contributed by atoms with Gasteiger partial charge in [-0.3, -0.25) is 4.79 Å². The summed E-state index contributed by atoms with van der Waals surface area (Å²) in [5, 5.41) is 13.0. The lowest BCUT2D eigenvalue weighted by Gasteiger charge is -2.07. The Labute approximate surface area is 144 Å². The number of nitrogens with zero attached hydrogens (tertiary/aromatic N) is 2. The van der Waals surface area contributed by atoms with Crippen LogP contribution in [0.1, 0.15) is 51.1 Å². The monoisotopic (exact) mass is 345 g/mol. The van der Waals surface area contributed by atoms with Gasteiger partial charge in [0.25, 0.3) is 0 Å². The fourth-order valence-electron chi connectivity index (χ4n) is 3.05. The predicted molar refractivity (Wildman–Crippen MR) is 91.0 cm³/mol. The lowest BCUT2D eigenvalue weighted by Crippen LogP contribution is -2.20. The van der Waals surface area contributed by atoms with Gasteiger partial charge in [0.05, 0.1) is 6.42 Å². The van der Waals surface area contributed by atoms with E-state index in [9.17, 15) is 9.18 Å². The molecule has 4 rings (SSSR count). The maximum atomic E-state index is 14.2. The highest BCUT2D eigenvalue weighted by Crippen LogP contribution is 2.43. The largest absolute Gasteiger partial charge is 0.313 e. The molecule has 0 spiro atoms. The molecular formula is C18H20FN3OS. The van der Waals surface area contributed by atoms with Crippen molar-refractivity contribution in [1.82, 2.24) is 15.5 Å². The first-order chi connectivity index (χ1) is 11.6. The smallest absolute Gasteiger partial charge is 0.169 e. The number of aromatic nitrogens is 2. The zero-order chi connectivity index (χ0) is 16.7. The van der Waals surface area contributed by atoms with E-state index in [2.05, 4.69) is 15.5 Å². The fraction of sp³-hybridized carbons (Fsp3) is 0.500. The van der Waals surface area contributed by atoms with Gasteiger partial charge in [0.15, 0.2) is 5.78 Å². The average Bonchev–Trinajstić information content (AvgIpc) is 3.46. The van der Waals surface area contributed by atoms with Crippen molar-refractivity contribution >= 4 is 17.1 Å². The van der Waals surface area contributed by atoms with Gasteiger partial charge in [-0.2, -0.15) is 0 Å². The molecule has 1 N–H and O–H groups in total. The Bertz CT molecular complexity index is 771. The first kappa shape index (κ1) is 15.8. The molecule has 4 nitrogen and oxygen atoms in total. The van der Waals surface area contributed by atoms with E-state index in [1.165, 1.54) is 30.2 Å². The van der Waals surface area contributed by atoms with Crippen molar-refractivity contribution in [1.29, 1.82) is 0 Å². The van der Waals surface area contributed by atoms with Crippen molar-refractivity contribution in [2.75, 3.05) is 6.54 Å². The molecule has 1 aromatic carbocycles. The topological polar surface area (TPSA) is 54.9 Å². The molecule has 2 aliphatic carbocycles. The molecule has 0 aliphatic heterocycles. The summed E-state index contributed by atoms with van der Waals surface area (Å²) >= 11 is 1.43. The lowest BCUT2D eigenvalue weighted by atomic mass is 10.0. The normalized spacial score (nSPS) is 22.6. The van der Waals surface area contributed by atoms with Crippen LogP contribution < -0.4 is 5.32 Å². The summed E-state index contributed by atoms with van der Waals surface area (Å²) in [7, 11) is 0. The molecule has 2 unspecified atom stereocenters. The number of rotatable bonds is 7. The quantitative estimate of drug-likeness (QED) is 0.783. The molecule has 0 amide bonds. The van der Waals surface area contributed by atoms with Gasteiger partial charge in [-0.05, 0) is 62.4 Å². The van der Waals surface area contributed by atoms with Crippen LogP contribution in [0.2, 0.25) is 0 Å². The van der Waals surface area contributed by atoms with E-state index in [4.69, 9.17) is 0 Å². The summed E-state index contributed by atoms with van der Waals surface area (Å²) in [4.78, 5) is 12.4. The molecule has 2 saturated carbocycles. The molecule has 6 heteroatoms. The van der Waals surface area contributed by atoms with Crippen molar-refractivity contribution < 1.29 is 9.18 Å².